The third-order valence-electron chi connectivity index (χ3n) is 6.98. The van der Waals surface area contributed by atoms with Crippen LogP contribution in [0, 0.1) is 13.8 Å². The van der Waals surface area contributed by atoms with E-state index in [0.717, 1.165) is 71.0 Å². The number of nitrogens with zero attached hydrogens (tertiary/aromatic N) is 2. The molecule has 41 heavy (non-hydrogen) atoms. The maximum absolute atomic E-state index is 12.9. The summed E-state index contributed by atoms with van der Waals surface area (Å²) < 4.78 is 24.4. The average Bonchev–Trinajstić information content (AvgIpc) is 3.33. The van der Waals surface area contributed by atoms with Gasteiger partial charge in [-0.25, -0.2) is 4.98 Å². The number of halogens is 1. The van der Waals surface area contributed by atoms with Crippen LogP contribution in [0.1, 0.15) is 46.6 Å². The highest BCUT2D eigenvalue weighted by atomic mass is 35.5. The number of carbonyl (C=O) groups excluding carboxylic acids is 1. The van der Waals surface area contributed by atoms with Crippen molar-refractivity contribution in [2.45, 2.75) is 46.1 Å². The summed E-state index contributed by atoms with van der Waals surface area (Å²) >= 11 is 6.28. The second kappa shape index (κ2) is 14.1. The highest BCUT2D eigenvalue weighted by Crippen LogP contribution is 2.38. The number of amides is 1. The van der Waals surface area contributed by atoms with E-state index in [2.05, 4.69) is 16.0 Å². The quantitative estimate of drug-likeness (QED) is 0.170. The van der Waals surface area contributed by atoms with E-state index in [1.165, 1.54) is 21.3 Å². The van der Waals surface area contributed by atoms with Gasteiger partial charge in [0.15, 0.2) is 11.5 Å². The zero-order chi connectivity index (χ0) is 29.4. The Kier molecular flexibility index (Phi) is 10.4. The number of aryl methyl sites for hydroxylation is 4. The molecule has 0 bridgehead atoms. The number of carbonyl (C=O) groups is 1. The molecule has 0 aliphatic heterocycles. The van der Waals surface area contributed by atoms with E-state index in [-0.39, 0.29) is 5.91 Å². The van der Waals surface area contributed by atoms with Crippen molar-refractivity contribution >= 4 is 28.5 Å². The highest BCUT2D eigenvalue weighted by molar-refractivity contribution is 6.32. The van der Waals surface area contributed by atoms with Gasteiger partial charge in [-0.3, -0.25) is 4.79 Å². The first-order valence-corrected chi connectivity index (χ1v) is 14.2. The molecule has 1 N–H and O–H groups in total. The Morgan fingerprint density at radius 1 is 0.927 bits per heavy atom. The topological polar surface area (TPSA) is 83.8 Å². The number of aromatic nitrogens is 2. The van der Waals surface area contributed by atoms with Crippen LogP contribution in [-0.2, 0) is 13.0 Å². The number of ether oxygens (including phenoxy) is 4. The van der Waals surface area contributed by atoms with E-state index in [4.69, 9.17) is 35.5 Å². The van der Waals surface area contributed by atoms with Crippen LogP contribution < -0.4 is 24.3 Å². The number of imidazole rings is 1. The Hall–Kier alpha value is -3.91. The van der Waals surface area contributed by atoms with Crippen molar-refractivity contribution in [3.8, 4) is 23.0 Å². The van der Waals surface area contributed by atoms with Crippen molar-refractivity contribution in [3.63, 3.8) is 0 Å². The maximum Gasteiger partial charge on any atom is 0.251 e. The standard InChI is InChI=1S/C32H38ClN3O5/c1-21-17-24(18-22(2)30(21)33)41-16-9-8-15-36-26-12-7-6-11-25(26)35-29(36)13-10-14-34-32(37)23-19-27(38-3)31(40-5)28(20-23)39-4/h6-7,11-12,17-20H,8-10,13-16H2,1-5H3,(H,34,37). The van der Waals surface area contributed by atoms with Gasteiger partial charge in [0.05, 0.1) is 39.0 Å². The van der Waals surface area contributed by atoms with E-state index in [1.54, 1.807) is 12.1 Å². The number of hydrogen-bond donors (Lipinski definition) is 1. The van der Waals surface area contributed by atoms with Gasteiger partial charge < -0.3 is 28.8 Å². The molecule has 0 unspecified atom stereocenters. The van der Waals surface area contributed by atoms with E-state index < -0.39 is 0 Å². The number of rotatable bonds is 14. The second-order valence-electron chi connectivity index (χ2n) is 9.87. The molecule has 218 valence electrons. The van der Waals surface area contributed by atoms with Gasteiger partial charge in [-0.05, 0) is 80.6 Å². The molecular weight excluding hydrogens is 542 g/mol. The number of methoxy groups -OCH3 is 3. The zero-order valence-corrected chi connectivity index (χ0v) is 25.1. The third kappa shape index (κ3) is 7.24. The van der Waals surface area contributed by atoms with Gasteiger partial charge in [-0.1, -0.05) is 23.7 Å². The molecular formula is C32H38ClN3O5. The molecule has 0 aliphatic carbocycles. The minimum Gasteiger partial charge on any atom is -0.494 e. The van der Waals surface area contributed by atoms with Gasteiger partial charge in [0.1, 0.15) is 11.6 Å². The van der Waals surface area contributed by atoms with Crippen LogP contribution in [0.3, 0.4) is 0 Å². The van der Waals surface area contributed by atoms with Crippen LogP contribution in [0.4, 0.5) is 0 Å². The second-order valence-corrected chi connectivity index (χ2v) is 10.2. The molecule has 4 rings (SSSR count). The Morgan fingerprint density at radius 3 is 2.27 bits per heavy atom. The molecule has 0 spiro atoms. The van der Waals surface area contributed by atoms with E-state index >= 15 is 0 Å². The molecule has 1 amide bonds. The van der Waals surface area contributed by atoms with Crippen LogP contribution in [0.2, 0.25) is 5.02 Å². The number of fused-ring (bicyclic) bond motifs is 1. The molecule has 0 radical (unpaired) electrons. The van der Waals surface area contributed by atoms with Crippen molar-refractivity contribution in [1.29, 1.82) is 0 Å². The summed E-state index contributed by atoms with van der Waals surface area (Å²) in [6.07, 6.45) is 3.36. The van der Waals surface area contributed by atoms with Crippen LogP contribution in [0.15, 0.2) is 48.5 Å². The molecule has 3 aromatic carbocycles. The Balaban J connectivity index is 1.32. The van der Waals surface area contributed by atoms with Gasteiger partial charge in [0.2, 0.25) is 5.75 Å². The fraction of sp³-hybridized carbons (Fsp3) is 0.375. The number of para-hydroxylation sites is 2. The first kappa shape index (κ1) is 30.1. The average molecular weight is 580 g/mol. The third-order valence-corrected chi connectivity index (χ3v) is 7.57. The van der Waals surface area contributed by atoms with Gasteiger partial charge in [-0.2, -0.15) is 0 Å². The first-order valence-electron chi connectivity index (χ1n) is 13.8. The smallest absolute Gasteiger partial charge is 0.251 e. The van der Waals surface area contributed by atoms with Crippen LogP contribution in [0.5, 0.6) is 23.0 Å². The summed E-state index contributed by atoms with van der Waals surface area (Å²) in [6, 6.07) is 15.4. The molecule has 0 saturated heterocycles. The molecule has 0 atom stereocenters. The van der Waals surface area contributed by atoms with Crippen molar-refractivity contribution in [1.82, 2.24) is 14.9 Å². The van der Waals surface area contributed by atoms with Crippen LogP contribution in [-0.4, -0.2) is 49.9 Å². The van der Waals surface area contributed by atoms with Crippen molar-refractivity contribution in [2.24, 2.45) is 0 Å². The normalized spacial score (nSPS) is 11.0. The predicted octanol–water partition coefficient (Wildman–Crippen LogP) is 6.55. The molecule has 0 aliphatic rings. The molecule has 4 aromatic rings. The monoisotopic (exact) mass is 579 g/mol. The van der Waals surface area contributed by atoms with Gasteiger partial charge >= 0.3 is 0 Å². The van der Waals surface area contributed by atoms with E-state index in [1.807, 2.05) is 44.2 Å². The lowest BCUT2D eigenvalue weighted by Crippen LogP contribution is -2.25. The SMILES string of the molecule is COc1cc(C(=O)NCCCc2nc3ccccc3n2CCCCOc2cc(C)c(Cl)c(C)c2)cc(OC)c1OC. The first-order chi connectivity index (χ1) is 19.9. The molecule has 1 heterocycles. The summed E-state index contributed by atoms with van der Waals surface area (Å²) in [6.45, 7) is 5.97. The Labute approximate surface area is 246 Å². The molecule has 8 nitrogen and oxygen atoms in total. The minimum absolute atomic E-state index is 0.205. The van der Waals surface area contributed by atoms with Gasteiger partial charge in [0.25, 0.3) is 5.91 Å². The fourth-order valence-corrected chi connectivity index (χ4v) is 4.99. The number of hydrogen-bond acceptors (Lipinski definition) is 6. The molecule has 0 fully saturated rings. The Bertz CT molecular complexity index is 1450. The molecule has 9 heteroatoms. The van der Waals surface area contributed by atoms with Crippen molar-refractivity contribution in [2.75, 3.05) is 34.5 Å². The summed E-state index contributed by atoms with van der Waals surface area (Å²) in [7, 11) is 4.59. The number of benzene rings is 3. The highest BCUT2D eigenvalue weighted by Gasteiger charge is 2.17. The lowest BCUT2D eigenvalue weighted by atomic mass is 10.1. The lowest BCUT2D eigenvalue weighted by Gasteiger charge is -2.14. The van der Waals surface area contributed by atoms with Crippen LogP contribution >= 0.6 is 11.6 Å². The van der Waals surface area contributed by atoms with E-state index in [0.29, 0.717) is 36.0 Å². The minimum atomic E-state index is -0.205. The number of nitrogens with one attached hydrogen (secondary N) is 1. The van der Waals surface area contributed by atoms with Gasteiger partial charge in [-0.15, -0.1) is 0 Å². The Morgan fingerprint density at radius 2 is 1.61 bits per heavy atom. The van der Waals surface area contributed by atoms with Crippen molar-refractivity contribution < 1.29 is 23.7 Å². The fourth-order valence-electron chi connectivity index (χ4n) is 4.88. The van der Waals surface area contributed by atoms with Crippen LogP contribution in [0.25, 0.3) is 11.0 Å². The summed E-state index contributed by atoms with van der Waals surface area (Å²) in [5.41, 5.74) is 4.59. The predicted molar refractivity (Wildman–Crippen MR) is 162 cm³/mol. The molecule has 1 aromatic heterocycles. The lowest BCUT2D eigenvalue weighted by molar-refractivity contribution is 0.0952. The summed E-state index contributed by atoms with van der Waals surface area (Å²) in [5.74, 6) is 2.99. The maximum atomic E-state index is 12.9. The zero-order valence-electron chi connectivity index (χ0n) is 24.4. The summed E-state index contributed by atoms with van der Waals surface area (Å²) in [5, 5.41) is 3.79. The summed E-state index contributed by atoms with van der Waals surface area (Å²) in [4.78, 5) is 17.7. The van der Waals surface area contributed by atoms with Gasteiger partial charge in [0, 0.05) is 30.1 Å². The molecule has 0 saturated carbocycles. The number of unbranched alkanes of at least 4 members (excludes halogenated alkanes) is 1. The largest absolute Gasteiger partial charge is 0.494 e. The van der Waals surface area contributed by atoms with E-state index in [9.17, 15) is 4.79 Å². The van der Waals surface area contributed by atoms with Crippen molar-refractivity contribution in [3.05, 3.63) is 76.1 Å².